The molecule has 1 unspecified atom stereocenters. The standard InChI is InChI=1S/C12H13BrF4O3/c1-18-7-5-4-6(8(19-2)9(7)20-3)10(13)12(16,17)11(14)15/h4-5,10-11H,1-3H3. The molecular weight excluding hydrogens is 348 g/mol. The second kappa shape index (κ2) is 6.51. The van der Waals surface area contributed by atoms with Gasteiger partial charge in [0.25, 0.3) is 0 Å². The first kappa shape index (κ1) is 16.9. The highest BCUT2D eigenvalue weighted by Gasteiger charge is 2.49. The van der Waals surface area contributed by atoms with Gasteiger partial charge in [0, 0.05) is 5.56 Å². The Labute approximate surface area is 121 Å². The molecule has 0 saturated carbocycles. The molecule has 0 spiro atoms. The van der Waals surface area contributed by atoms with Crippen molar-refractivity contribution < 1.29 is 31.8 Å². The van der Waals surface area contributed by atoms with E-state index in [2.05, 4.69) is 15.9 Å². The number of methoxy groups -OCH3 is 3. The summed E-state index contributed by atoms with van der Waals surface area (Å²) in [5.74, 6) is -4.04. The molecular formula is C12H13BrF4O3. The maximum absolute atomic E-state index is 13.4. The van der Waals surface area contributed by atoms with Gasteiger partial charge in [-0.15, -0.1) is 0 Å². The van der Waals surface area contributed by atoms with Crippen molar-refractivity contribution in [2.45, 2.75) is 17.2 Å². The molecule has 0 amide bonds. The highest BCUT2D eigenvalue weighted by Crippen LogP contribution is 2.50. The summed E-state index contributed by atoms with van der Waals surface area (Å²) < 4.78 is 66.7. The zero-order valence-corrected chi connectivity index (χ0v) is 12.5. The number of alkyl halides is 5. The van der Waals surface area contributed by atoms with Crippen LogP contribution in [0.15, 0.2) is 12.1 Å². The van der Waals surface area contributed by atoms with Gasteiger partial charge in [0.2, 0.25) is 5.75 Å². The van der Waals surface area contributed by atoms with Gasteiger partial charge in [-0.05, 0) is 12.1 Å². The van der Waals surface area contributed by atoms with Crippen molar-refractivity contribution >= 4 is 15.9 Å². The Hall–Kier alpha value is -1.18. The summed E-state index contributed by atoms with van der Waals surface area (Å²) in [6.45, 7) is 0. The fourth-order valence-corrected chi connectivity index (χ4v) is 2.20. The molecule has 3 nitrogen and oxygen atoms in total. The van der Waals surface area contributed by atoms with Gasteiger partial charge in [-0.1, -0.05) is 15.9 Å². The predicted octanol–water partition coefficient (Wildman–Crippen LogP) is 4.05. The van der Waals surface area contributed by atoms with Crippen molar-refractivity contribution in [1.29, 1.82) is 0 Å². The Kier molecular flexibility index (Phi) is 5.50. The number of hydrogen-bond donors (Lipinski definition) is 0. The van der Waals surface area contributed by atoms with Gasteiger partial charge in [-0.25, -0.2) is 8.78 Å². The van der Waals surface area contributed by atoms with Gasteiger partial charge < -0.3 is 14.2 Å². The Morgan fingerprint density at radius 3 is 1.95 bits per heavy atom. The Bertz CT molecular complexity index is 468. The third kappa shape index (κ3) is 2.94. The van der Waals surface area contributed by atoms with Crippen molar-refractivity contribution in [3.05, 3.63) is 17.7 Å². The van der Waals surface area contributed by atoms with Crippen LogP contribution in [0.2, 0.25) is 0 Å². The minimum Gasteiger partial charge on any atom is -0.493 e. The third-order valence-corrected chi connectivity index (χ3v) is 3.74. The number of ether oxygens (including phenoxy) is 3. The van der Waals surface area contributed by atoms with Crippen LogP contribution in [0.4, 0.5) is 17.6 Å². The van der Waals surface area contributed by atoms with Crippen LogP contribution in [0, 0.1) is 0 Å². The van der Waals surface area contributed by atoms with Gasteiger partial charge in [-0.3, -0.25) is 0 Å². The van der Waals surface area contributed by atoms with Crippen molar-refractivity contribution in [3.8, 4) is 17.2 Å². The van der Waals surface area contributed by atoms with Gasteiger partial charge >= 0.3 is 12.3 Å². The van der Waals surface area contributed by atoms with E-state index in [0.29, 0.717) is 0 Å². The first-order chi connectivity index (χ1) is 9.31. The molecule has 0 radical (unpaired) electrons. The molecule has 1 rings (SSSR count). The summed E-state index contributed by atoms with van der Waals surface area (Å²) in [5, 5.41) is 0. The fourth-order valence-electron chi connectivity index (χ4n) is 1.64. The minimum atomic E-state index is -4.26. The molecule has 1 aromatic rings. The first-order valence-corrected chi connectivity index (χ1v) is 6.31. The number of hydrogen-bond acceptors (Lipinski definition) is 3. The lowest BCUT2D eigenvalue weighted by Gasteiger charge is -2.24. The largest absolute Gasteiger partial charge is 0.493 e. The lowest BCUT2D eigenvalue weighted by Crippen LogP contribution is -2.31. The summed E-state index contributed by atoms with van der Waals surface area (Å²) in [4.78, 5) is -1.93. The van der Waals surface area contributed by atoms with E-state index >= 15 is 0 Å². The highest BCUT2D eigenvalue weighted by atomic mass is 79.9. The normalized spacial score (nSPS) is 13.2. The Morgan fingerprint density at radius 1 is 1.00 bits per heavy atom. The SMILES string of the molecule is COc1ccc(C(Br)C(F)(F)C(F)F)c(OC)c1OC. The number of rotatable bonds is 6. The van der Waals surface area contributed by atoms with E-state index in [4.69, 9.17) is 14.2 Å². The van der Waals surface area contributed by atoms with Crippen LogP contribution >= 0.6 is 15.9 Å². The zero-order valence-electron chi connectivity index (χ0n) is 10.9. The van der Waals surface area contributed by atoms with E-state index < -0.39 is 17.2 Å². The van der Waals surface area contributed by atoms with E-state index in [1.165, 1.54) is 33.5 Å². The monoisotopic (exact) mass is 360 g/mol. The van der Waals surface area contributed by atoms with Crippen LogP contribution in [0.5, 0.6) is 17.2 Å². The lowest BCUT2D eigenvalue weighted by atomic mass is 10.0. The average molecular weight is 361 g/mol. The molecule has 114 valence electrons. The zero-order chi connectivity index (χ0) is 15.5. The van der Waals surface area contributed by atoms with E-state index in [9.17, 15) is 17.6 Å². The van der Waals surface area contributed by atoms with Crippen LogP contribution in [-0.2, 0) is 0 Å². The van der Waals surface area contributed by atoms with Crippen molar-refractivity contribution in [2.24, 2.45) is 0 Å². The van der Waals surface area contributed by atoms with Gasteiger partial charge in [0.05, 0.1) is 21.3 Å². The van der Waals surface area contributed by atoms with E-state index in [0.717, 1.165) is 0 Å². The summed E-state index contributed by atoms with van der Waals surface area (Å²) >= 11 is 2.60. The minimum absolute atomic E-state index is 0.0574. The molecule has 0 fully saturated rings. The molecule has 0 aromatic heterocycles. The van der Waals surface area contributed by atoms with Crippen LogP contribution in [0.25, 0.3) is 0 Å². The van der Waals surface area contributed by atoms with Crippen molar-refractivity contribution in [1.82, 2.24) is 0 Å². The quantitative estimate of drug-likeness (QED) is 0.565. The Morgan fingerprint density at radius 2 is 1.55 bits per heavy atom. The number of benzene rings is 1. The molecule has 20 heavy (non-hydrogen) atoms. The maximum Gasteiger partial charge on any atom is 0.323 e. The van der Waals surface area contributed by atoms with Crippen molar-refractivity contribution in [3.63, 3.8) is 0 Å². The maximum atomic E-state index is 13.4. The molecule has 1 aromatic carbocycles. The summed E-state index contributed by atoms with van der Waals surface area (Å²) in [5.41, 5.74) is -0.157. The fraction of sp³-hybridized carbons (Fsp3) is 0.500. The van der Waals surface area contributed by atoms with Crippen LogP contribution in [0.1, 0.15) is 10.4 Å². The summed E-state index contributed by atoms with van der Waals surface area (Å²) in [6.07, 6.45) is -3.82. The Balaban J connectivity index is 3.39. The summed E-state index contributed by atoms with van der Waals surface area (Å²) in [7, 11) is 3.87. The second-order valence-electron chi connectivity index (χ2n) is 3.76. The van der Waals surface area contributed by atoms with Crippen LogP contribution in [0.3, 0.4) is 0 Å². The van der Waals surface area contributed by atoms with Gasteiger partial charge in [0.1, 0.15) is 4.83 Å². The molecule has 8 heteroatoms. The lowest BCUT2D eigenvalue weighted by molar-refractivity contribution is -0.128. The van der Waals surface area contributed by atoms with Crippen LogP contribution in [-0.4, -0.2) is 33.7 Å². The second-order valence-corrected chi connectivity index (χ2v) is 4.68. The topological polar surface area (TPSA) is 27.7 Å². The van der Waals surface area contributed by atoms with Crippen molar-refractivity contribution in [2.75, 3.05) is 21.3 Å². The van der Waals surface area contributed by atoms with E-state index in [1.807, 2.05) is 0 Å². The predicted molar refractivity (Wildman–Crippen MR) is 68.7 cm³/mol. The molecule has 0 saturated heterocycles. The molecule has 0 aliphatic rings. The molecule has 0 aliphatic heterocycles. The first-order valence-electron chi connectivity index (χ1n) is 5.40. The smallest absolute Gasteiger partial charge is 0.323 e. The highest BCUT2D eigenvalue weighted by molar-refractivity contribution is 9.09. The van der Waals surface area contributed by atoms with E-state index in [-0.39, 0.29) is 22.8 Å². The van der Waals surface area contributed by atoms with Crippen LogP contribution < -0.4 is 14.2 Å². The van der Waals surface area contributed by atoms with E-state index in [1.54, 1.807) is 0 Å². The van der Waals surface area contributed by atoms with Gasteiger partial charge in [0.15, 0.2) is 11.5 Å². The third-order valence-electron chi connectivity index (χ3n) is 2.64. The molecule has 0 N–H and O–H groups in total. The summed E-state index contributed by atoms with van der Waals surface area (Å²) in [6, 6.07) is 2.56. The average Bonchev–Trinajstić information content (AvgIpc) is 2.44. The molecule has 0 bridgehead atoms. The number of halogens is 5. The molecule has 0 aliphatic carbocycles. The molecule has 0 heterocycles. The molecule has 1 atom stereocenters. The van der Waals surface area contributed by atoms with Gasteiger partial charge in [-0.2, -0.15) is 8.78 Å².